The molecule has 0 radical (unpaired) electrons. The highest BCUT2D eigenvalue weighted by Crippen LogP contribution is 2.33. The Hall–Kier alpha value is -2.07. The molecule has 0 amide bonds. The van der Waals surface area contributed by atoms with Crippen LogP contribution in [0.25, 0.3) is 11.0 Å². The summed E-state index contributed by atoms with van der Waals surface area (Å²) < 4.78 is 6.69. The molecular formula is C12H14N4O5. The molecule has 3 atom stereocenters. The van der Waals surface area contributed by atoms with E-state index in [0.717, 1.165) is 6.33 Å². The van der Waals surface area contributed by atoms with E-state index < -0.39 is 24.5 Å². The van der Waals surface area contributed by atoms with Gasteiger partial charge in [-0.25, -0.2) is 9.97 Å². The van der Waals surface area contributed by atoms with Crippen LogP contribution in [0.1, 0.15) is 0 Å². The van der Waals surface area contributed by atoms with Gasteiger partial charge in [-0.05, 0) is 0 Å². The Labute approximate surface area is 118 Å². The molecule has 3 heterocycles. The molecule has 1 fully saturated rings. The number of hydrogen-bond acceptors (Lipinski definition) is 8. The highest BCUT2D eigenvalue weighted by molar-refractivity contribution is 5.85. The number of aliphatic hydroxyl groups is 3. The van der Waals surface area contributed by atoms with Gasteiger partial charge in [-0.2, -0.15) is 0 Å². The topological polar surface area (TPSA) is 144 Å². The van der Waals surface area contributed by atoms with Crippen molar-refractivity contribution in [2.45, 2.75) is 17.9 Å². The number of rotatable bonds is 2. The van der Waals surface area contributed by atoms with E-state index in [4.69, 9.17) is 10.5 Å². The van der Waals surface area contributed by atoms with Crippen molar-refractivity contribution in [1.82, 2.24) is 14.5 Å². The van der Waals surface area contributed by atoms with Gasteiger partial charge >= 0.3 is 0 Å². The first-order valence-electron chi connectivity index (χ1n) is 6.24. The Morgan fingerprint density at radius 3 is 2.86 bits per heavy atom. The predicted octanol–water partition coefficient (Wildman–Crippen LogP) is -2.23. The second-order valence-corrected chi connectivity index (χ2v) is 4.83. The summed E-state index contributed by atoms with van der Waals surface area (Å²) in [6.45, 7) is -0.775. The lowest BCUT2D eigenvalue weighted by Crippen LogP contribution is -2.49. The van der Waals surface area contributed by atoms with Crippen LogP contribution in [0.4, 0.5) is 5.82 Å². The average molecular weight is 294 g/mol. The summed E-state index contributed by atoms with van der Waals surface area (Å²) in [5.74, 6) is -0.0134. The first-order chi connectivity index (χ1) is 10.0. The molecule has 2 aromatic rings. The van der Waals surface area contributed by atoms with Crippen LogP contribution in [0.15, 0.2) is 23.4 Å². The molecule has 21 heavy (non-hydrogen) atoms. The third-order valence-corrected chi connectivity index (χ3v) is 3.67. The van der Waals surface area contributed by atoms with Crippen LogP contribution in [0.3, 0.4) is 0 Å². The van der Waals surface area contributed by atoms with Crippen LogP contribution < -0.4 is 11.2 Å². The summed E-state index contributed by atoms with van der Waals surface area (Å²) in [5.41, 5.74) is 3.78. The summed E-state index contributed by atoms with van der Waals surface area (Å²) in [6, 6.07) is 1.21. The third-order valence-electron chi connectivity index (χ3n) is 3.67. The van der Waals surface area contributed by atoms with Gasteiger partial charge in [-0.3, -0.25) is 9.36 Å². The summed E-state index contributed by atoms with van der Waals surface area (Å²) in [4.78, 5) is 19.7. The maximum atomic E-state index is 11.9. The molecule has 0 aromatic carbocycles. The van der Waals surface area contributed by atoms with Gasteiger partial charge in [0, 0.05) is 12.3 Å². The average Bonchev–Trinajstić information content (AvgIpc) is 2.77. The monoisotopic (exact) mass is 294 g/mol. The zero-order valence-corrected chi connectivity index (χ0v) is 10.9. The number of ether oxygens (including phenoxy) is 1. The van der Waals surface area contributed by atoms with Crippen molar-refractivity contribution < 1.29 is 20.1 Å². The number of anilines is 1. The van der Waals surface area contributed by atoms with E-state index in [0.29, 0.717) is 0 Å². The summed E-state index contributed by atoms with van der Waals surface area (Å²) >= 11 is 0. The summed E-state index contributed by atoms with van der Waals surface area (Å²) in [5, 5.41) is 29.6. The van der Waals surface area contributed by atoms with E-state index in [1.165, 1.54) is 16.8 Å². The van der Waals surface area contributed by atoms with Gasteiger partial charge in [-0.15, -0.1) is 0 Å². The number of hydrogen-bond donors (Lipinski definition) is 4. The first kappa shape index (κ1) is 13.9. The van der Waals surface area contributed by atoms with Gasteiger partial charge < -0.3 is 25.8 Å². The van der Waals surface area contributed by atoms with E-state index >= 15 is 0 Å². The maximum absolute atomic E-state index is 11.9. The molecule has 2 aromatic heterocycles. The van der Waals surface area contributed by atoms with Crippen molar-refractivity contribution >= 4 is 16.9 Å². The van der Waals surface area contributed by atoms with E-state index in [-0.39, 0.29) is 28.9 Å². The molecule has 0 spiro atoms. The Balaban J connectivity index is 2.33. The minimum atomic E-state index is -1.63. The molecule has 1 aliphatic rings. The van der Waals surface area contributed by atoms with Crippen molar-refractivity contribution in [1.29, 1.82) is 0 Å². The molecule has 9 nitrogen and oxygen atoms in total. The molecule has 0 bridgehead atoms. The minimum absolute atomic E-state index is 0.0134. The minimum Gasteiger partial charge on any atom is -0.391 e. The van der Waals surface area contributed by atoms with Crippen molar-refractivity contribution in [3.8, 4) is 0 Å². The van der Waals surface area contributed by atoms with E-state index in [9.17, 15) is 20.1 Å². The van der Waals surface area contributed by atoms with Crippen LogP contribution in [-0.2, 0) is 10.5 Å². The molecular weight excluding hydrogens is 280 g/mol. The predicted molar refractivity (Wildman–Crippen MR) is 71.2 cm³/mol. The number of pyridine rings is 1. The Bertz CT molecular complexity index is 748. The number of aromatic nitrogens is 3. The highest BCUT2D eigenvalue weighted by Gasteiger charge is 2.50. The van der Waals surface area contributed by atoms with E-state index in [1.54, 1.807) is 0 Å². The summed E-state index contributed by atoms with van der Waals surface area (Å²) in [7, 11) is 0. The van der Waals surface area contributed by atoms with Gasteiger partial charge in [-0.1, -0.05) is 0 Å². The normalized spacial score (nSPS) is 29.1. The SMILES string of the molecule is Nc1ncnc2c1c(=O)ccn2[C@@]1(CO)OC[C@H](O)[C@@H]1O. The van der Waals surface area contributed by atoms with E-state index in [2.05, 4.69) is 9.97 Å². The maximum Gasteiger partial charge on any atom is 0.198 e. The molecule has 9 heteroatoms. The quantitative estimate of drug-likeness (QED) is 0.487. The number of nitrogens with two attached hydrogens (primary N) is 1. The van der Waals surface area contributed by atoms with Crippen LogP contribution in [0.2, 0.25) is 0 Å². The fourth-order valence-corrected chi connectivity index (χ4v) is 2.54. The number of aliphatic hydroxyl groups excluding tert-OH is 3. The van der Waals surface area contributed by atoms with E-state index in [1.807, 2.05) is 0 Å². The molecule has 0 aliphatic carbocycles. The standard InChI is InChI=1S/C12H14N4O5/c13-10-8-6(18)1-2-16(11(8)15-5-14-10)12(4-17)9(20)7(19)3-21-12/h1-2,5,7,9,17,19-20H,3-4H2,(H2,13,14,15)/t7-,9-,12-/m0/s1. The van der Waals surface area contributed by atoms with Gasteiger partial charge in [0.25, 0.3) is 0 Å². The lowest BCUT2D eigenvalue weighted by Gasteiger charge is -2.33. The van der Waals surface area contributed by atoms with Gasteiger partial charge in [0.2, 0.25) is 0 Å². The van der Waals surface area contributed by atoms with Crippen molar-refractivity contribution in [3.05, 3.63) is 28.8 Å². The fraction of sp³-hybridized carbons (Fsp3) is 0.417. The Kier molecular flexibility index (Phi) is 3.14. The molecule has 112 valence electrons. The lowest BCUT2D eigenvalue weighted by molar-refractivity contribution is -0.149. The Morgan fingerprint density at radius 1 is 1.48 bits per heavy atom. The van der Waals surface area contributed by atoms with Crippen LogP contribution in [-0.4, -0.2) is 55.3 Å². The first-order valence-corrected chi connectivity index (χ1v) is 6.24. The van der Waals surface area contributed by atoms with Crippen molar-refractivity contribution in [3.63, 3.8) is 0 Å². The number of fused-ring (bicyclic) bond motifs is 1. The smallest absolute Gasteiger partial charge is 0.198 e. The molecule has 1 aliphatic heterocycles. The van der Waals surface area contributed by atoms with Gasteiger partial charge in [0.1, 0.15) is 29.7 Å². The van der Waals surface area contributed by atoms with Crippen LogP contribution in [0, 0.1) is 0 Å². The summed E-state index contributed by atoms with van der Waals surface area (Å²) in [6.07, 6.45) is -0.0550. The fourth-order valence-electron chi connectivity index (χ4n) is 2.54. The molecule has 0 saturated carbocycles. The Morgan fingerprint density at radius 2 is 2.24 bits per heavy atom. The third kappa shape index (κ3) is 1.83. The van der Waals surface area contributed by atoms with Gasteiger partial charge in [0.05, 0.1) is 13.2 Å². The number of nitrogen functional groups attached to an aromatic ring is 1. The van der Waals surface area contributed by atoms with Crippen LogP contribution >= 0.6 is 0 Å². The zero-order valence-electron chi connectivity index (χ0n) is 10.9. The van der Waals surface area contributed by atoms with Crippen LogP contribution in [0.5, 0.6) is 0 Å². The molecule has 1 saturated heterocycles. The molecule has 0 unspecified atom stereocenters. The zero-order chi connectivity index (χ0) is 15.2. The van der Waals surface area contributed by atoms with Crippen molar-refractivity contribution in [2.24, 2.45) is 0 Å². The highest BCUT2D eigenvalue weighted by atomic mass is 16.6. The largest absolute Gasteiger partial charge is 0.391 e. The second-order valence-electron chi connectivity index (χ2n) is 4.83. The lowest BCUT2D eigenvalue weighted by atomic mass is 10.0. The molecule has 3 rings (SSSR count). The molecule has 5 N–H and O–H groups in total. The van der Waals surface area contributed by atoms with Gasteiger partial charge in [0.15, 0.2) is 16.8 Å². The van der Waals surface area contributed by atoms with Crippen molar-refractivity contribution in [2.75, 3.05) is 18.9 Å². The number of nitrogens with zero attached hydrogens (tertiary/aromatic N) is 3. The second kappa shape index (κ2) is 4.74.